The highest BCUT2D eigenvalue weighted by Crippen LogP contribution is 2.28. The molecule has 0 unspecified atom stereocenters. The molecule has 0 aromatic heterocycles. The minimum absolute atomic E-state index is 0.339. The molecule has 4 nitrogen and oxygen atoms in total. The van der Waals surface area contributed by atoms with Gasteiger partial charge >= 0.3 is 5.97 Å². The number of nitrogen functional groups attached to an aromatic ring is 1. The van der Waals surface area contributed by atoms with Crippen molar-refractivity contribution in [2.75, 3.05) is 12.3 Å². The number of hydrogen-bond donors (Lipinski definition) is 1. The van der Waals surface area contributed by atoms with Crippen molar-refractivity contribution in [3.05, 3.63) is 48.5 Å². The molecule has 0 aliphatic heterocycles. The van der Waals surface area contributed by atoms with E-state index in [4.69, 9.17) is 10.5 Å². The molecule has 0 spiro atoms. The van der Waals surface area contributed by atoms with Crippen LogP contribution in [-0.4, -0.2) is 18.8 Å². The molecule has 0 amide bonds. The molecule has 2 N–H and O–H groups in total. The monoisotopic (exact) mass is 268 g/mol. The molecule has 2 aromatic rings. The minimum atomic E-state index is -0.447. The molecule has 4 heteroatoms. The Morgan fingerprint density at radius 1 is 1.25 bits per heavy atom. The molecule has 102 valence electrons. The molecular formula is C16H16N2O2. The van der Waals surface area contributed by atoms with E-state index < -0.39 is 5.97 Å². The Labute approximate surface area is 117 Å². The normalized spacial score (nSPS) is 10.7. The molecule has 0 atom stereocenters. The lowest BCUT2D eigenvalue weighted by Crippen LogP contribution is -2.04. The summed E-state index contributed by atoms with van der Waals surface area (Å²) in [5.74, 6) is -0.447. The van der Waals surface area contributed by atoms with Crippen molar-refractivity contribution in [1.82, 2.24) is 0 Å². The number of carbonyl (C=O) groups is 1. The third-order valence-corrected chi connectivity index (χ3v) is 2.72. The van der Waals surface area contributed by atoms with E-state index in [1.807, 2.05) is 48.5 Å². The van der Waals surface area contributed by atoms with Crippen molar-refractivity contribution < 1.29 is 9.53 Å². The van der Waals surface area contributed by atoms with E-state index in [2.05, 4.69) is 4.99 Å². The lowest BCUT2D eigenvalue weighted by Gasteiger charge is -2.06. The molecule has 0 aliphatic rings. The number of nitrogens with zero attached hydrogens (tertiary/aromatic N) is 1. The highest BCUT2D eigenvalue weighted by molar-refractivity contribution is 6.23. The molecular weight excluding hydrogens is 252 g/mol. The molecule has 0 aliphatic carbocycles. The maximum absolute atomic E-state index is 11.2. The van der Waals surface area contributed by atoms with Gasteiger partial charge < -0.3 is 10.5 Å². The maximum Gasteiger partial charge on any atom is 0.349 e. The molecule has 0 saturated carbocycles. The first-order valence-corrected chi connectivity index (χ1v) is 6.36. The summed E-state index contributed by atoms with van der Waals surface area (Å²) in [6, 6.07) is 15.1. The number of esters is 1. The van der Waals surface area contributed by atoms with Crippen LogP contribution in [0.5, 0.6) is 0 Å². The third-order valence-electron chi connectivity index (χ3n) is 2.72. The van der Waals surface area contributed by atoms with Crippen molar-refractivity contribution in [2.24, 2.45) is 4.99 Å². The maximum atomic E-state index is 11.2. The van der Waals surface area contributed by atoms with Gasteiger partial charge in [-0.25, -0.2) is 9.79 Å². The number of rotatable bonds is 4. The molecule has 2 aromatic carbocycles. The van der Waals surface area contributed by atoms with Crippen LogP contribution in [0.2, 0.25) is 0 Å². The van der Waals surface area contributed by atoms with Gasteiger partial charge in [0, 0.05) is 11.3 Å². The van der Waals surface area contributed by atoms with Crippen molar-refractivity contribution >= 4 is 23.6 Å². The number of nitrogens with two attached hydrogens (primary N) is 1. The highest BCUT2D eigenvalue weighted by Gasteiger charge is 2.02. The topological polar surface area (TPSA) is 64.7 Å². The van der Waals surface area contributed by atoms with Crippen LogP contribution in [0.3, 0.4) is 0 Å². The zero-order valence-electron chi connectivity index (χ0n) is 11.2. The zero-order chi connectivity index (χ0) is 14.4. The summed E-state index contributed by atoms with van der Waals surface area (Å²) in [5.41, 5.74) is 9.24. The number of benzene rings is 2. The first-order chi connectivity index (χ1) is 9.70. The Bertz CT molecular complexity index is 636. The average molecular weight is 268 g/mol. The molecule has 0 saturated heterocycles. The van der Waals surface area contributed by atoms with Crippen LogP contribution in [0.4, 0.5) is 11.4 Å². The van der Waals surface area contributed by atoms with E-state index in [-0.39, 0.29) is 0 Å². The number of ether oxygens (including phenoxy) is 1. The zero-order valence-corrected chi connectivity index (χ0v) is 11.2. The van der Waals surface area contributed by atoms with Gasteiger partial charge in [0.25, 0.3) is 0 Å². The van der Waals surface area contributed by atoms with Crippen molar-refractivity contribution in [2.45, 2.75) is 6.92 Å². The van der Waals surface area contributed by atoms with Gasteiger partial charge in [-0.2, -0.15) is 0 Å². The predicted molar refractivity (Wildman–Crippen MR) is 81.1 cm³/mol. The van der Waals surface area contributed by atoms with Crippen LogP contribution in [-0.2, 0) is 9.53 Å². The number of anilines is 1. The molecule has 0 radical (unpaired) electrons. The van der Waals surface area contributed by atoms with E-state index in [1.54, 1.807) is 6.92 Å². The fourth-order valence-corrected chi connectivity index (χ4v) is 1.82. The highest BCUT2D eigenvalue weighted by atomic mass is 16.5. The summed E-state index contributed by atoms with van der Waals surface area (Å²) in [7, 11) is 0. The van der Waals surface area contributed by atoms with Gasteiger partial charge in [0.05, 0.1) is 12.3 Å². The number of carbonyl (C=O) groups excluding carboxylic acids is 1. The summed E-state index contributed by atoms with van der Waals surface area (Å²) in [5, 5.41) is 0. The van der Waals surface area contributed by atoms with Gasteiger partial charge in [0.15, 0.2) is 0 Å². The van der Waals surface area contributed by atoms with Gasteiger partial charge in [-0.3, -0.25) is 0 Å². The Kier molecular flexibility index (Phi) is 4.50. The van der Waals surface area contributed by atoms with Gasteiger partial charge in [-0.05, 0) is 30.7 Å². The lowest BCUT2D eigenvalue weighted by molar-refractivity contribution is -0.134. The van der Waals surface area contributed by atoms with E-state index in [9.17, 15) is 4.79 Å². The van der Waals surface area contributed by atoms with E-state index >= 15 is 0 Å². The van der Waals surface area contributed by atoms with Crippen molar-refractivity contribution in [1.29, 1.82) is 0 Å². The molecule has 2 rings (SSSR count). The number of para-hydroxylation sites is 1. The summed E-state index contributed by atoms with van der Waals surface area (Å²) in [6.45, 7) is 2.09. The second-order valence-electron chi connectivity index (χ2n) is 4.15. The molecule has 20 heavy (non-hydrogen) atoms. The molecule has 0 bridgehead atoms. The van der Waals surface area contributed by atoms with Crippen LogP contribution >= 0.6 is 0 Å². The van der Waals surface area contributed by atoms with Crippen LogP contribution in [0, 0.1) is 0 Å². The molecule has 0 fully saturated rings. The van der Waals surface area contributed by atoms with Gasteiger partial charge in [0.2, 0.25) is 0 Å². The summed E-state index contributed by atoms with van der Waals surface area (Å²) in [4.78, 5) is 15.3. The SMILES string of the molecule is CCOC(=O)C=Nc1cccc(-c2ccccc2N)c1. The van der Waals surface area contributed by atoms with Crippen molar-refractivity contribution in [3.8, 4) is 11.1 Å². The summed E-state index contributed by atoms with van der Waals surface area (Å²) in [6.07, 6.45) is 1.18. The Morgan fingerprint density at radius 2 is 2.05 bits per heavy atom. The van der Waals surface area contributed by atoms with Gasteiger partial charge in [0.1, 0.15) is 6.21 Å². The van der Waals surface area contributed by atoms with Gasteiger partial charge in [-0.15, -0.1) is 0 Å². The quantitative estimate of drug-likeness (QED) is 0.526. The lowest BCUT2D eigenvalue weighted by atomic mass is 10.0. The second kappa shape index (κ2) is 6.52. The van der Waals surface area contributed by atoms with Gasteiger partial charge in [-0.1, -0.05) is 30.3 Å². The first-order valence-electron chi connectivity index (χ1n) is 6.36. The van der Waals surface area contributed by atoms with Crippen molar-refractivity contribution in [3.63, 3.8) is 0 Å². The minimum Gasteiger partial charge on any atom is -0.462 e. The Hall–Kier alpha value is -2.62. The van der Waals surface area contributed by atoms with Crippen LogP contribution in [0.15, 0.2) is 53.5 Å². The van der Waals surface area contributed by atoms with E-state index in [1.165, 1.54) is 6.21 Å². The molecule has 0 heterocycles. The van der Waals surface area contributed by atoms with Crippen LogP contribution in [0.25, 0.3) is 11.1 Å². The summed E-state index contributed by atoms with van der Waals surface area (Å²) < 4.78 is 4.79. The Balaban J connectivity index is 2.25. The predicted octanol–water partition coefficient (Wildman–Crippen LogP) is 3.20. The fourth-order valence-electron chi connectivity index (χ4n) is 1.82. The fraction of sp³-hybridized carbons (Fsp3) is 0.125. The second-order valence-corrected chi connectivity index (χ2v) is 4.15. The van der Waals surface area contributed by atoms with Crippen LogP contribution < -0.4 is 5.73 Å². The summed E-state index contributed by atoms with van der Waals surface area (Å²) >= 11 is 0. The van der Waals surface area contributed by atoms with E-state index in [0.717, 1.165) is 11.1 Å². The largest absolute Gasteiger partial charge is 0.462 e. The first kappa shape index (κ1) is 13.8. The number of hydrogen-bond acceptors (Lipinski definition) is 4. The Morgan fingerprint density at radius 3 is 2.80 bits per heavy atom. The van der Waals surface area contributed by atoms with Crippen LogP contribution in [0.1, 0.15) is 6.92 Å². The average Bonchev–Trinajstić information content (AvgIpc) is 2.46. The van der Waals surface area contributed by atoms with E-state index in [0.29, 0.717) is 18.0 Å². The third kappa shape index (κ3) is 3.45. The number of aliphatic imine (C=N–C) groups is 1. The standard InChI is InChI=1S/C16H16N2O2/c1-2-20-16(19)11-18-13-7-5-6-12(10-13)14-8-3-4-9-15(14)17/h3-11H,2,17H2,1H3. The smallest absolute Gasteiger partial charge is 0.349 e.